The molecule has 1 aromatic carbocycles. The highest BCUT2D eigenvalue weighted by Crippen LogP contribution is 2.03. The van der Waals surface area contributed by atoms with Gasteiger partial charge < -0.3 is 10.4 Å². The number of rotatable bonds is 3. The van der Waals surface area contributed by atoms with Crippen molar-refractivity contribution in [2.45, 2.75) is 19.9 Å². The molecule has 4 nitrogen and oxygen atoms in total. The second-order valence-corrected chi connectivity index (χ2v) is 3.40. The summed E-state index contributed by atoms with van der Waals surface area (Å²) in [5, 5.41) is 11.0. The molecule has 2 N–H and O–H groups in total. The molecule has 0 bridgehead atoms. The Labute approximate surface area is 87.9 Å². The van der Waals surface area contributed by atoms with Crippen molar-refractivity contribution >= 4 is 11.9 Å². The van der Waals surface area contributed by atoms with E-state index in [1.165, 1.54) is 6.92 Å². The highest BCUT2D eigenvalue weighted by Gasteiger charge is 2.14. The number of carbonyl (C=O) groups excluding carboxylic acids is 1. The van der Waals surface area contributed by atoms with Crippen LogP contribution >= 0.6 is 0 Å². The van der Waals surface area contributed by atoms with Crippen molar-refractivity contribution in [3.8, 4) is 0 Å². The van der Waals surface area contributed by atoms with Crippen LogP contribution in [-0.2, 0) is 4.79 Å². The third-order valence-corrected chi connectivity index (χ3v) is 2.03. The van der Waals surface area contributed by atoms with Crippen molar-refractivity contribution < 1.29 is 14.7 Å². The molecule has 0 radical (unpaired) electrons. The standard InChI is InChI=1S/C11H13NO3/c1-7-3-5-9(6-4-7)10(13)12-8(2)11(14)15/h3-6,8H,1-2H3,(H,12,13)(H,14,15). The van der Waals surface area contributed by atoms with Crippen LogP contribution in [0.4, 0.5) is 0 Å². The molecule has 1 amide bonds. The van der Waals surface area contributed by atoms with Crippen LogP contribution in [-0.4, -0.2) is 23.0 Å². The molecule has 4 heteroatoms. The normalized spacial score (nSPS) is 11.9. The van der Waals surface area contributed by atoms with Crippen molar-refractivity contribution in [2.24, 2.45) is 0 Å². The molecule has 0 spiro atoms. The maximum atomic E-state index is 11.5. The van der Waals surface area contributed by atoms with Gasteiger partial charge in [0.1, 0.15) is 6.04 Å². The average Bonchev–Trinajstić information content (AvgIpc) is 2.18. The number of benzene rings is 1. The van der Waals surface area contributed by atoms with E-state index >= 15 is 0 Å². The minimum Gasteiger partial charge on any atom is -0.480 e. The lowest BCUT2D eigenvalue weighted by atomic mass is 10.1. The van der Waals surface area contributed by atoms with E-state index in [9.17, 15) is 9.59 Å². The van der Waals surface area contributed by atoms with Crippen molar-refractivity contribution in [1.29, 1.82) is 0 Å². The molecule has 1 aromatic rings. The summed E-state index contributed by atoms with van der Waals surface area (Å²) in [6.07, 6.45) is 0. The van der Waals surface area contributed by atoms with Gasteiger partial charge in [0.15, 0.2) is 0 Å². The Bertz CT molecular complexity index is 370. The van der Waals surface area contributed by atoms with Gasteiger partial charge in [0.25, 0.3) is 5.91 Å². The van der Waals surface area contributed by atoms with Crippen molar-refractivity contribution in [1.82, 2.24) is 5.32 Å². The maximum absolute atomic E-state index is 11.5. The second-order valence-electron chi connectivity index (χ2n) is 3.40. The zero-order valence-electron chi connectivity index (χ0n) is 8.65. The first-order valence-electron chi connectivity index (χ1n) is 4.61. The van der Waals surface area contributed by atoms with Crippen LogP contribution < -0.4 is 5.32 Å². The molecular weight excluding hydrogens is 194 g/mol. The summed E-state index contributed by atoms with van der Waals surface area (Å²) in [5.74, 6) is -1.42. The van der Waals surface area contributed by atoms with Crippen LogP contribution in [0.1, 0.15) is 22.8 Å². The lowest BCUT2D eigenvalue weighted by Crippen LogP contribution is -2.38. The first-order valence-corrected chi connectivity index (χ1v) is 4.61. The highest BCUT2D eigenvalue weighted by atomic mass is 16.4. The quantitative estimate of drug-likeness (QED) is 0.782. The summed E-state index contributed by atoms with van der Waals surface area (Å²) >= 11 is 0. The molecule has 0 aliphatic rings. The summed E-state index contributed by atoms with van der Waals surface area (Å²) in [5.41, 5.74) is 1.52. The fourth-order valence-electron chi connectivity index (χ4n) is 1.05. The molecule has 0 aromatic heterocycles. The highest BCUT2D eigenvalue weighted by molar-refractivity contribution is 5.96. The predicted molar refractivity (Wildman–Crippen MR) is 55.7 cm³/mol. The molecule has 80 valence electrons. The minimum absolute atomic E-state index is 0.370. The summed E-state index contributed by atoms with van der Waals surface area (Å²) < 4.78 is 0. The van der Waals surface area contributed by atoms with E-state index in [-0.39, 0.29) is 5.91 Å². The molecule has 0 aliphatic heterocycles. The van der Waals surface area contributed by atoms with Crippen LogP contribution in [0.3, 0.4) is 0 Å². The van der Waals surface area contributed by atoms with Gasteiger partial charge in [-0.25, -0.2) is 0 Å². The third-order valence-electron chi connectivity index (χ3n) is 2.03. The summed E-state index contributed by atoms with van der Waals surface area (Å²) in [6, 6.07) is 6.07. The van der Waals surface area contributed by atoms with Crippen LogP contribution in [0.25, 0.3) is 0 Å². The van der Waals surface area contributed by atoms with Crippen molar-refractivity contribution in [3.63, 3.8) is 0 Å². The van der Waals surface area contributed by atoms with E-state index in [2.05, 4.69) is 5.32 Å². The van der Waals surface area contributed by atoms with Gasteiger partial charge in [-0.3, -0.25) is 9.59 Å². The summed E-state index contributed by atoms with van der Waals surface area (Å²) in [7, 11) is 0. The average molecular weight is 207 g/mol. The Kier molecular flexibility index (Phi) is 3.44. The zero-order valence-corrected chi connectivity index (χ0v) is 8.65. The molecule has 1 atom stereocenters. The Morgan fingerprint density at radius 1 is 1.27 bits per heavy atom. The van der Waals surface area contributed by atoms with E-state index in [1.54, 1.807) is 24.3 Å². The van der Waals surface area contributed by atoms with Gasteiger partial charge in [-0.1, -0.05) is 17.7 Å². The molecule has 1 rings (SSSR count). The number of carboxylic acid groups (broad SMARTS) is 1. The number of hydrogen-bond donors (Lipinski definition) is 2. The topological polar surface area (TPSA) is 66.4 Å². The van der Waals surface area contributed by atoms with Crippen LogP contribution in [0.15, 0.2) is 24.3 Å². The van der Waals surface area contributed by atoms with E-state index in [0.717, 1.165) is 5.56 Å². The number of carboxylic acids is 1. The molecular formula is C11H13NO3. The van der Waals surface area contributed by atoms with Crippen LogP contribution in [0.5, 0.6) is 0 Å². The van der Waals surface area contributed by atoms with Crippen molar-refractivity contribution in [3.05, 3.63) is 35.4 Å². The number of carbonyl (C=O) groups is 2. The van der Waals surface area contributed by atoms with Gasteiger partial charge >= 0.3 is 5.97 Å². The third kappa shape index (κ3) is 3.09. The molecule has 0 fully saturated rings. The Morgan fingerprint density at radius 3 is 2.27 bits per heavy atom. The van der Waals surface area contributed by atoms with Gasteiger partial charge in [0.2, 0.25) is 0 Å². The van der Waals surface area contributed by atoms with Crippen LogP contribution in [0.2, 0.25) is 0 Å². The fraction of sp³-hybridized carbons (Fsp3) is 0.273. The van der Waals surface area contributed by atoms with Gasteiger partial charge in [-0.2, -0.15) is 0 Å². The van der Waals surface area contributed by atoms with E-state index in [4.69, 9.17) is 5.11 Å². The smallest absolute Gasteiger partial charge is 0.325 e. The van der Waals surface area contributed by atoms with E-state index in [1.807, 2.05) is 6.92 Å². The van der Waals surface area contributed by atoms with E-state index < -0.39 is 12.0 Å². The van der Waals surface area contributed by atoms with E-state index in [0.29, 0.717) is 5.56 Å². The van der Waals surface area contributed by atoms with Gasteiger partial charge in [-0.15, -0.1) is 0 Å². The molecule has 0 heterocycles. The van der Waals surface area contributed by atoms with Gasteiger partial charge in [0.05, 0.1) is 0 Å². The molecule has 1 unspecified atom stereocenters. The number of amides is 1. The summed E-state index contributed by atoms with van der Waals surface area (Å²) in [4.78, 5) is 22.0. The van der Waals surface area contributed by atoms with Crippen LogP contribution in [0, 0.1) is 6.92 Å². The maximum Gasteiger partial charge on any atom is 0.325 e. The monoisotopic (exact) mass is 207 g/mol. The molecule has 0 saturated heterocycles. The lowest BCUT2D eigenvalue weighted by molar-refractivity contribution is -0.138. The Morgan fingerprint density at radius 2 is 1.80 bits per heavy atom. The van der Waals surface area contributed by atoms with Crippen molar-refractivity contribution in [2.75, 3.05) is 0 Å². The number of nitrogens with one attached hydrogen (secondary N) is 1. The second kappa shape index (κ2) is 4.59. The molecule has 0 saturated carbocycles. The zero-order chi connectivity index (χ0) is 11.4. The number of aliphatic carboxylic acids is 1. The fourth-order valence-corrected chi connectivity index (χ4v) is 1.05. The number of hydrogen-bond acceptors (Lipinski definition) is 2. The minimum atomic E-state index is -1.05. The largest absolute Gasteiger partial charge is 0.480 e. The lowest BCUT2D eigenvalue weighted by Gasteiger charge is -2.08. The first-order chi connectivity index (χ1) is 7.00. The SMILES string of the molecule is Cc1ccc(C(=O)NC(C)C(=O)O)cc1. The first kappa shape index (κ1) is 11.2. The van der Waals surface area contributed by atoms with Gasteiger partial charge in [0, 0.05) is 5.56 Å². The number of aryl methyl sites for hydroxylation is 1. The molecule has 15 heavy (non-hydrogen) atoms. The predicted octanol–water partition coefficient (Wildman–Crippen LogP) is 1.20. The molecule has 0 aliphatic carbocycles. The Balaban J connectivity index is 2.69. The summed E-state index contributed by atoms with van der Waals surface area (Å²) in [6.45, 7) is 3.34. The Hall–Kier alpha value is -1.84. The van der Waals surface area contributed by atoms with Gasteiger partial charge in [-0.05, 0) is 26.0 Å².